The van der Waals surface area contributed by atoms with Crippen LogP contribution in [0.1, 0.15) is 29.9 Å². The maximum atomic E-state index is 12.9. The van der Waals surface area contributed by atoms with Crippen LogP contribution in [0.15, 0.2) is 42.6 Å². The molecule has 0 atom stereocenters. The van der Waals surface area contributed by atoms with Crippen LogP contribution in [0.3, 0.4) is 0 Å². The lowest BCUT2D eigenvalue weighted by Crippen LogP contribution is -2.30. The summed E-state index contributed by atoms with van der Waals surface area (Å²) in [5.74, 6) is -0.331. The van der Waals surface area contributed by atoms with Gasteiger partial charge in [0.15, 0.2) is 0 Å². The second-order valence-corrected chi connectivity index (χ2v) is 5.23. The lowest BCUT2D eigenvalue weighted by molar-refractivity contribution is -0.136. The van der Waals surface area contributed by atoms with E-state index in [1.165, 1.54) is 36.5 Å². The summed E-state index contributed by atoms with van der Waals surface area (Å²) in [6.45, 7) is 3.64. The minimum atomic E-state index is -4.45. The number of halogens is 3. The summed E-state index contributed by atoms with van der Waals surface area (Å²) in [6.07, 6.45) is -3.13. The highest BCUT2D eigenvalue weighted by molar-refractivity contribution is 5.92. The molecule has 7 heteroatoms. The number of carbonyl (C=O) groups is 1. The molecule has 1 amide bonds. The summed E-state index contributed by atoms with van der Waals surface area (Å²) in [6, 6.07) is 8.11. The molecule has 122 valence electrons. The molecule has 0 aliphatic rings. The first-order chi connectivity index (χ1) is 10.8. The Morgan fingerprint density at radius 2 is 1.83 bits per heavy atom. The molecule has 0 unspecified atom stereocenters. The largest absolute Gasteiger partial charge is 0.418 e. The molecule has 1 heterocycles. The van der Waals surface area contributed by atoms with Crippen molar-refractivity contribution in [3.8, 4) is 0 Å². The van der Waals surface area contributed by atoms with Crippen molar-refractivity contribution in [3.63, 3.8) is 0 Å². The van der Waals surface area contributed by atoms with Crippen LogP contribution in [-0.2, 0) is 6.18 Å². The topological polar surface area (TPSA) is 54.0 Å². The molecule has 1 aromatic carbocycles. The molecule has 0 radical (unpaired) electrons. The second-order valence-electron chi connectivity index (χ2n) is 5.23. The first-order valence-electron chi connectivity index (χ1n) is 6.97. The Morgan fingerprint density at radius 3 is 2.39 bits per heavy atom. The summed E-state index contributed by atoms with van der Waals surface area (Å²) in [7, 11) is 0. The molecular formula is C16H16F3N3O. The molecule has 2 aromatic rings. The highest BCUT2D eigenvalue weighted by Gasteiger charge is 2.33. The van der Waals surface area contributed by atoms with Gasteiger partial charge in [0.05, 0.1) is 23.1 Å². The van der Waals surface area contributed by atoms with E-state index in [0.29, 0.717) is 5.69 Å². The minimum Gasteiger partial charge on any atom is -0.354 e. The van der Waals surface area contributed by atoms with Gasteiger partial charge in [-0.25, -0.2) is 4.98 Å². The van der Waals surface area contributed by atoms with Gasteiger partial charge in [0.25, 0.3) is 5.91 Å². The van der Waals surface area contributed by atoms with Crippen molar-refractivity contribution in [1.82, 2.24) is 10.3 Å². The zero-order chi connectivity index (χ0) is 17.0. The second kappa shape index (κ2) is 6.68. The fraction of sp³-hybridized carbons (Fsp3) is 0.250. The summed E-state index contributed by atoms with van der Waals surface area (Å²) < 4.78 is 38.8. The fourth-order valence-corrected chi connectivity index (χ4v) is 1.93. The molecule has 2 rings (SSSR count). The predicted molar refractivity (Wildman–Crippen MR) is 81.6 cm³/mol. The Hall–Kier alpha value is -2.57. The lowest BCUT2D eigenvalue weighted by atomic mass is 10.1. The highest BCUT2D eigenvalue weighted by Crippen LogP contribution is 2.35. The quantitative estimate of drug-likeness (QED) is 0.895. The van der Waals surface area contributed by atoms with Crippen molar-refractivity contribution in [1.29, 1.82) is 0 Å². The standard InChI is InChI=1S/C16H16F3N3O/c1-10(2)21-15(23)14-8-7-11(9-20-14)22-13-6-4-3-5-12(13)16(17,18)19/h3-10,22H,1-2H3,(H,21,23). The molecule has 2 N–H and O–H groups in total. The van der Waals surface area contributed by atoms with Gasteiger partial charge in [-0.15, -0.1) is 0 Å². The summed E-state index contributed by atoms with van der Waals surface area (Å²) in [5.41, 5.74) is -0.265. The molecule has 0 saturated carbocycles. The Labute approximate surface area is 131 Å². The summed E-state index contributed by atoms with van der Waals surface area (Å²) in [5, 5.41) is 5.36. The lowest BCUT2D eigenvalue weighted by Gasteiger charge is -2.14. The van der Waals surface area contributed by atoms with Gasteiger partial charge in [-0.3, -0.25) is 4.79 Å². The fourth-order valence-electron chi connectivity index (χ4n) is 1.93. The molecule has 0 spiro atoms. The van der Waals surface area contributed by atoms with Gasteiger partial charge in [-0.2, -0.15) is 13.2 Å². The van der Waals surface area contributed by atoms with Crippen molar-refractivity contribution in [3.05, 3.63) is 53.9 Å². The van der Waals surface area contributed by atoms with Gasteiger partial charge in [-0.1, -0.05) is 12.1 Å². The molecule has 0 fully saturated rings. The van der Waals surface area contributed by atoms with Gasteiger partial charge < -0.3 is 10.6 Å². The van der Waals surface area contributed by atoms with Gasteiger partial charge in [0.2, 0.25) is 0 Å². The third-order valence-electron chi connectivity index (χ3n) is 2.93. The molecule has 1 aromatic heterocycles. The van der Waals surface area contributed by atoms with E-state index in [1.807, 2.05) is 13.8 Å². The number of hydrogen-bond acceptors (Lipinski definition) is 3. The van der Waals surface area contributed by atoms with Crippen molar-refractivity contribution in [2.24, 2.45) is 0 Å². The van der Waals surface area contributed by atoms with Crippen LogP contribution in [0, 0.1) is 0 Å². The maximum Gasteiger partial charge on any atom is 0.418 e. The number of carbonyl (C=O) groups excluding carboxylic acids is 1. The number of nitrogens with zero attached hydrogens (tertiary/aromatic N) is 1. The zero-order valence-corrected chi connectivity index (χ0v) is 12.6. The van der Waals surface area contributed by atoms with Crippen LogP contribution >= 0.6 is 0 Å². The third-order valence-corrected chi connectivity index (χ3v) is 2.93. The number of pyridine rings is 1. The van der Waals surface area contributed by atoms with Crippen molar-refractivity contribution < 1.29 is 18.0 Å². The van der Waals surface area contributed by atoms with E-state index >= 15 is 0 Å². The zero-order valence-electron chi connectivity index (χ0n) is 12.6. The monoisotopic (exact) mass is 323 g/mol. The number of nitrogens with one attached hydrogen (secondary N) is 2. The van der Waals surface area contributed by atoms with E-state index in [1.54, 1.807) is 0 Å². The molecule has 0 aliphatic heterocycles. The van der Waals surface area contributed by atoms with E-state index in [2.05, 4.69) is 15.6 Å². The Balaban J connectivity index is 2.18. The van der Waals surface area contributed by atoms with Crippen molar-refractivity contribution >= 4 is 17.3 Å². The van der Waals surface area contributed by atoms with Crippen molar-refractivity contribution in [2.75, 3.05) is 5.32 Å². The van der Waals surface area contributed by atoms with E-state index in [0.717, 1.165) is 6.07 Å². The van der Waals surface area contributed by atoms with Gasteiger partial charge in [-0.05, 0) is 38.1 Å². The van der Waals surface area contributed by atoms with E-state index < -0.39 is 11.7 Å². The van der Waals surface area contributed by atoms with E-state index in [4.69, 9.17) is 0 Å². The first kappa shape index (κ1) is 16.8. The number of anilines is 2. The number of para-hydroxylation sites is 1. The smallest absolute Gasteiger partial charge is 0.354 e. The molecule has 0 aliphatic carbocycles. The highest BCUT2D eigenvalue weighted by atomic mass is 19.4. The first-order valence-corrected chi connectivity index (χ1v) is 6.97. The van der Waals surface area contributed by atoms with Crippen molar-refractivity contribution in [2.45, 2.75) is 26.1 Å². The number of aromatic nitrogens is 1. The van der Waals surface area contributed by atoms with E-state index in [9.17, 15) is 18.0 Å². The average Bonchev–Trinajstić information content (AvgIpc) is 2.46. The molecule has 4 nitrogen and oxygen atoms in total. The number of alkyl halides is 3. The predicted octanol–water partition coefficient (Wildman–Crippen LogP) is 3.98. The van der Waals surface area contributed by atoms with Crippen LogP contribution in [0.2, 0.25) is 0 Å². The Kier molecular flexibility index (Phi) is 4.88. The van der Waals surface area contributed by atoms with E-state index in [-0.39, 0.29) is 23.3 Å². The minimum absolute atomic E-state index is 0.0271. The van der Waals surface area contributed by atoms with Crippen LogP contribution in [0.5, 0.6) is 0 Å². The number of amides is 1. The normalized spacial score (nSPS) is 11.4. The van der Waals surface area contributed by atoms with Gasteiger partial charge >= 0.3 is 6.18 Å². The average molecular weight is 323 g/mol. The molecular weight excluding hydrogens is 307 g/mol. The third kappa shape index (κ3) is 4.45. The molecule has 23 heavy (non-hydrogen) atoms. The summed E-state index contributed by atoms with van der Waals surface area (Å²) >= 11 is 0. The van der Waals surface area contributed by atoms with Gasteiger partial charge in [0, 0.05) is 6.04 Å². The number of rotatable bonds is 4. The number of benzene rings is 1. The van der Waals surface area contributed by atoms with Crippen LogP contribution in [0.25, 0.3) is 0 Å². The molecule has 0 saturated heterocycles. The van der Waals surface area contributed by atoms with Gasteiger partial charge in [0.1, 0.15) is 5.69 Å². The maximum absolute atomic E-state index is 12.9. The Bertz CT molecular complexity index is 682. The van der Waals surface area contributed by atoms with Crippen LogP contribution < -0.4 is 10.6 Å². The Morgan fingerprint density at radius 1 is 1.13 bits per heavy atom. The van der Waals surface area contributed by atoms with Crippen LogP contribution in [-0.4, -0.2) is 16.9 Å². The molecule has 0 bridgehead atoms. The van der Waals surface area contributed by atoms with Crippen LogP contribution in [0.4, 0.5) is 24.5 Å². The number of hydrogen-bond donors (Lipinski definition) is 2. The SMILES string of the molecule is CC(C)NC(=O)c1ccc(Nc2ccccc2C(F)(F)F)cn1. The summed E-state index contributed by atoms with van der Waals surface area (Å²) in [4.78, 5) is 15.7.